The van der Waals surface area contributed by atoms with E-state index in [-0.39, 0.29) is 6.04 Å². The minimum Gasteiger partial charge on any atom is -0.324 e. The van der Waals surface area contributed by atoms with Crippen molar-refractivity contribution in [1.29, 1.82) is 0 Å². The molecular formula is C14H12ClF2NS. The lowest BCUT2D eigenvalue weighted by molar-refractivity contribution is 0.565. The Kier molecular flexibility index (Phi) is 4.45. The second-order valence-electron chi connectivity index (χ2n) is 4.15. The van der Waals surface area contributed by atoms with E-state index in [0.29, 0.717) is 9.92 Å². The number of halogens is 3. The highest BCUT2D eigenvalue weighted by molar-refractivity contribution is 7.99. The van der Waals surface area contributed by atoms with Crippen LogP contribution in [-0.2, 0) is 0 Å². The van der Waals surface area contributed by atoms with Gasteiger partial charge in [0, 0.05) is 26.9 Å². The first kappa shape index (κ1) is 14.3. The molecular weight excluding hydrogens is 288 g/mol. The largest absolute Gasteiger partial charge is 0.324 e. The number of nitrogens with two attached hydrogens (primary N) is 1. The second-order valence-corrected chi connectivity index (χ2v) is 5.67. The number of rotatable bonds is 3. The van der Waals surface area contributed by atoms with Crippen molar-refractivity contribution < 1.29 is 8.78 Å². The monoisotopic (exact) mass is 299 g/mol. The van der Waals surface area contributed by atoms with Gasteiger partial charge in [0.1, 0.15) is 11.6 Å². The van der Waals surface area contributed by atoms with E-state index in [1.165, 1.54) is 23.9 Å². The zero-order chi connectivity index (χ0) is 14.0. The summed E-state index contributed by atoms with van der Waals surface area (Å²) in [5.41, 5.74) is 6.60. The fraction of sp³-hybridized carbons (Fsp3) is 0.143. The van der Waals surface area contributed by atoms with Crippen LogP contribution in [0.5, 0.6) is 0 Å². The topological polar surface area (TPSA) is 26.0 Å². The Labute approximate surface area is 119 Å². The molecule has 0 amide bonds. The molecule has 0 bridgehead atoms. The van der Waals surface area contributed by atoms with Crippen LogP contribution in [0, 0.1) is 11.6 Å². The van der Waals surface area contributed by atoms with Crippen molar-refractivity contribution in [1.82, 2.24) is 0 Å². The van der Waals surface area contributed by atoms with Gasteiger partial charge in [-0.2, -0.15) is 0 Å². The van der Waals surface area contributed by atoms with Crippen molar-refractivity contribution in [3.63, 3.8) is 0 Å². The Bertz CT molecular complexity index is 602. The summed E-state index contributed by atoms with van der Waals surface area (Å²) < 4.78 is 26.3. The van der Waals surface area contributed by atoms with Gasteiger partial charge in [-0.1, -0.05) is 29.4 Å². The molecule has 1 unspecified atom stereocenters. The maximum atomic E-state index is 13.5. The predicted octanol–water partition coefficient (Wildman–Crippen LogP) is 4.79. The normalized spacial score (nSPS) is 12.5. The Hall–Kier alpha value is -1.10. The van der Waals surface area contributed by atoms with Crippen LogP contribution in [0.15, 0.2) is 46.2 Å². The van der Waals surface area contributed by atoms with E-state index in [9.17, 15) is 8.78 Å². The smallest absolute Gasteiger partial charge is 0.140 e. The van der Waals surface area contributed by atoms with Crippen LogP contribution in [0.4, 0.5) is 8.78 Å². The van der Waals surface area contributed by atoms with Crippen molar-refractivity contribution in [2.24, 2.45) is 5.73 Å². The molecule has 2 aromatic rings. The van der Waals surface area contributed by atoms with E-state index in [0.717, 1.165) is 16.5 Å². The summed E-state index contributed by atoms with van der Waals surface area (Å²) in [4.78, 5) is 1.13. The molecule has 0 heterocycles. The van der Waals surface area contributed by atoms with E-state index in [4.69, 9.17) is 17.3 Å². The molecule has 2 aromatic carbocycles. The molecule has 100 valence electrons. The second kappa shape index (κ2) is 5.90. The third-order valence-corrected chi connectivity index (χ3v) is 3.95. The summed E-state index contributed by atoms with van der Waals surface area (Å²) in [5, 5.41) is 0.544. The number of hydrogen-bond donors (Lipinski definition) is 1. The van der Waals surface area contributed by atoms with Gasteiger partial charge in [-0.3, -0.25) is 0 Å². The third kappa shape index (κ3) is 3.47. The zero-order valence-corrected chi connectivity index (χ0v) is 11.7. The van der Waals surface area contributed by atoms with Gasteiger partial charge in [0.25, 0.3) is 0 Å². The van der Waals surface area contributed by atoms with E-state index in [1.807, 2.05) is 19.1 Å². The third-order valence-electron chi connectivity index (χ3n) is 2.58. The molecule has 2 rings (SSSR count). The maximum absolute atomic E-state index is 13.5. The Morgan fingerprint density at radius 2 is 1.89 bits per heavy atom. The molecule has 5 heteroatoms. The summed E-state index contributed by atoms with van der Waals surface area (Å²) >= 11 is 7.30. The van der Waals surface area contributed by atoms with Crippen LogP contribution in [0.3, 0.4) is 0 Å². The molecule has 0 aliphatic carbocycles. The van der Waals surface area contributed by atoms with Gasteiger partial charge in [0.15, 0.2) is 0 Å². The van der Waals surface area contributed by atoms with E-state index in [1.54, 1.807) is 6.07 Å². The first-order valence-electron chi connectivity index (χ1n) is 5.65. The number of hydrogen-bond acceptors (Lipinski definition) is 2. The minimum absolute atomic E-state index is 0.158. The Morgan fingerprint density at radius 1 is 1.16 bits per heavy atom. The zero-order valence-electron chi connectivity index (χ0n) is 10.2. The van der Waals surface area contributed by atoms with E-state index in [2.05, 4.69) is 0 Å². The van der Waals surface area contributed by atoms with Gasteiger partial charge in [-0.25, -0.2) is 8.78 Å². The molecule has 1 atom stereocenters. The molecule has 0 aromatic heterocycles. The molecule has 0 radical (unpaired) electrons. The summed E-state index contributed by atoms with van der Waals surface area (Å²) in [6, 6.07) is 8.70. The molecule has 1 nitrogen and oxygen atoms in total. The van der Waals surface area contributed by atoms with Gasteiger partial charge in [-0.05, 0) is 36.8 Å². The van der Waals surface area contributed by atoms with Crippen molar-refractivity contribution in [3.05, 3.63) is 58.6 Å². The van der Waals surface area contributed by atoms with Crippen molar-refractivity contribution in [2.45, 2.75) is 22.8 Å². The van der Waals surface area contributed by atoms with Crippen molar-refractivity contribution in [2.75, 3.05) is 0 Å². The average molecular weight is 300 g/mol. The summed E-state index contributed by atoms with van der Waals surface area (Å²) in [5.74, 6) is -1.18. The van der Waals surface area contributed by atoms with Gasteiger partial charge in [0.05, 0.1) is 0 Å². The van der Waals surface area contributed by atoms with Gasteiger partial charge in [0.2, 0.25) is 0 Å². The number of benzene rings is 2. The standard InChI is InChI=1S/C14H12ClF2NS/c1-8(18)11-4-3-10(7-12(11)15)19-14-5-2-9(16)6-13(14)17/h2-8H,18H2,1H3. The summed E-state index contributed by atoms with van der Waals surface area (Å²) in [6.07, 6.45) is 0. The SMILES string of the molecule is CC(N)c1ccc(Sc2ccc(F)cc2F)cc1Cl. The Morgan fingerprint density at radius 3 is 2.47 bits per heavy atom. The quantitative estimate of drug-likeness (QED) is 0.882. The van der Waals surface area contributed by atoms with E-state index < -0.39 is 11.6 Å². The lowest BCUT2D eigenvalue weighted by Gasteiger charge is -2.10. The fourth-order valence-corrected chi connectivity index (χ4v) is 2.90. The molecule has 0 spiro atoms. The van der Waals surface area contributed by atoms with Crippen molar-refractivity contribution in [3.8, 4) is 0 Å². The molecule has 0 fully saturated rings. The Balaban J connectivity index is 2.26. The van der Waals surface area contributed by atoms with Gasteiger partial charge < -0.3 is 5.73 Å². The van der Waals surface area contributed by atoms with E-state index >= 15 is 0 Å². The summed E-state index contributed by atoms with van der Waals surface area (Å²) in [7, 11) is 0. The lowest BCUT2D eigenvalue weighted by atomic mass is 10.1. The molecule has 0 aliphatic rings. The first-order valence-corrected chi connectivity index (χ1v) is 6.85. The highest BCUT2D eigenvalue weighted by atomic mass is 35.5. The first-order chi connectivity index (χ1) is 8.97. The minimum atomic E-state index is -0.591. The summed E-state index contributed by atoms with van der Waals surface area (Å²) in [6.45, 7) is 1.84. The van der Waals surface area contributed by atoms with Gasteiger partial charge >= 0.3 is 0 Å². The van der Waals surface area contributed by atoms with Crippen LogP contribution in [-0.4, -0.2) is 0 Å². The fourth-order valence-electron chi connectivity index (χ4n) is 1.63. The molecule has 0 saturated heterocycles. The molecule has 19 heavy (non-hydrogen) atoms. The lowest BCUT2D eigenvalue weighted by Crippen LogP contribution is -2.05. The average Bonchev–Trinajstić information content (AvgIpc) is 2.32. The van der Waals surface area contributed by atoms with Crippen LogP contribution in [0.25, 0.3) is 0 Å². The predicted molar refractivity (Wildman–Crippen MR) is 74.5 cm³/mol. The van der Waals surface area contributed by atoms with Crippen LogP contribution < -0.4 is 5.73 Å². The van der Waals surface area contributed by atoms with Crippen LogP contribution in [0.1, 0.15) is 18.5 Å². The van der Waals surface area contributed by atoms with Crippen LogP contribution in [0.2, 0.25) is 5.02 Å². The maximum Gasteiger partial charge on any atom is 0.140 e. The molecule has 0 aliphatic heterocycles. The highest BCUT2D eigenvalue weighted by Crippen LogP contribution is 2.33. The van der Waals surface area contributed by atoms with Crippen molar-refractivity contribution >= 4 is 23.4 Å². The molecule has 2 N–H and O–H groups in total. The van der Waals surface area contributed by atoms with Crippen LogP contribution >= 0.6 is 23.4 Å². The van der Waals surface area contributed by atoms with Gasteiger partial charge in [-0.15, -0.1) is 0 Å². The molecule has 0 saturated carbocycles. The highest BCUT2D eigenvalue weighted by Gasteiger charge is 2.09.